The van der Waals surface area contributed by atoms with Crippen LogP contribution >= 0.6 is 0 Å². The van der Waals surface area contributed by atoms with Crippen molar-refractivity contribution in [1.82, 2.24) is 0 Å². The summed E-state index contributed by atoms with van der Waals surface area (Å²) in [4.78, 5) is 0. The minimum Gasteiger partial charge on any atom is -0.393 e. The van der Waals surface area contributed by atoms with E-state index in [1.807, 2.05) is 0 Å². The van der Waals surface area contributed by atoms with E-state index in [0.29, 0.717) is 48.3 Å². The monoisotopic (exact) mass is 448 g/mol. The molecule has 0 unspecified atom stereocenters. The summed E-state index contributed by atoms with van der Waals surface area (Å²) in [6.45, 7) is 10.3. The van der Waals surface area contributed by atoms with Crippen LogP contribution < -0.4 is 0 Å². The summed E-state index contributed by atoms with van der Waals surface area (Å²) in [5.41, 5.74) is 0.146. The maximum Gasteiger partial charge on any atom is 0.171 e. The lowest BCUT2D eigenvalue weighted by Gasteiger charge is -2.62. The van der Waals surface area contributed by atoms with Gasteiger partial charge in [0.1, 0.15) is 0 Å². The van der Waals surface area contributed by atoms with Crippen LogP contribution in [-0.2, 0) is 9.47 Å². The second kappa shape index (κ2) is 7.16. The van der Waals surface area contributed by atoms with Gasteiger partial charge in [-0.05, 0) is 91.3 Å². The van der Waals surface area contributed by atoms with E-state index in [1.165, 1.54) is 19.3 Å². The molecule has 6 fully saturated rings. The van der Waals surface area contributed by atoms with E-state index < -0.39 is 12.2 Å². The molecular weight excluding hydrogens is 404 g/mol. The minimum atomic E-state index is -0.692. The molecule has 14 atom stereocenters. The van der Waals surface area contributed by atoms with Crippen molar-refractivity contribution in [3.63, 3.8) is 0 Å². The van der Waals surface area contributed by atoms with Gasteiger partial charge in [0, 0.05) is 12.3 Å². The maximum atomic E-state index is 11.3. The molecule has 182 valence electrons. The molecule has 0 aromatic carbocycles. The van der Waals surface area contributed by atoms with Crippen LogP contribution in [0.4, 0.5) is 0 Å². The lowest BCUT2D eigenvalue weighted by molar-refractivity contribution is -0.273. The van der Waals surface area contributed by atoms with Crippen molar-refractivity contribution in [3.05, 3.63) is 0 Å². The molecule has 2 saturated heterocycles. The molecule has 0 amide bonds. The molecule has 6 aliphatic rings. The molecule has 6 rings (SSSR count). The first kappa shape index (κ1) is 22.3. The van der Waals surface area contributed by atoms with Gasteiger partial charge >= 0.3 is 0 Å². The molecule has 0 aromatic rings. The Balaban J connectivity index is 1.28. The third-order valence-corrected chi connectivity index (χ3v) is 12.0. The normalized spacial score (nSPS) is 64.0. The Morgan fingerprint density at radius 3 is 2.28 bits per heavy atom. The van der Waals surface area contributed by atoms with Crippen molar-refractivity contribution in [3.8, 4) is 0 Å². The first-order valence-electron chi connectivity index (χ1n) is 13.4. The highest BCUT2D eigenvalue weighted by Gasteiger charge is 2.70. The predicted octanol–water partition coefficient (Wildman–Crippen LogP) is 3.74. The summed E-state index contributed by atoms with van der Waals surface area (Å²) in [7, 11) is 0. The van der Waals surface area contributed by atoms with E-state index in [0.717, 1.165) is 25.9 Å². The van der Waals surface area contributed by atoms with E-state index in [9.17, 15) is 15.3 Å². The van der Waals surface area contributed by atoms with Crippen LogP contribution in [0.3, 0.4) is 0 Å². The van der Waals surface area contributed by atoms with Gasteiger partial charge in [-0.15, -0.1) is 0 Å². The molecule has 5 heteroatoms. The summed E-state index contributed by atoms with van der Waals surface area (Å²) < 4.78 is 13.3. The fraction of sp³-hybridized carbons (Fsp3) is 1.00. The second-order valence-electron chi connectivity index (χ2n) is 13.4. The Labute approximate surface area is 193 Å². The van der Waals surface area contributed by atoms with Crippen LogP contribution in [0.15, 0.2) is 0 Å². The van der Waals surface area contributed by atoms with Crippen molar-refractivity contribution < 1.29 is 24.8 Å². The Bertz CT molecular complexity index is 748. The molecule has 32 heavy (non-hydrogen) atoms. The quantitative estimate of drug-likeness (QED) is 0.526. The van der Waals surface area contributed by atoms with Gasteiger partial charge in [0.15, 0.2) is 5.79 Å². The summed E-state index contributed by atoms with van der Waals surface area (Å²) in [5, 5.41) is 32.1. The first-order valence-corrected chi connectivity index (χ1v) is 13.4. The third kappa shape index (κ3) is 2.81. The van der Waals surface area contributed by atoms with Crippen LogP contribution in [0.1, 0.15) is 79.1 Å². The molecule has 2 heterocycles. The number of aliphatic hydroxyl groups excluding tert-OH is 3. The van der Waals surface area contributed by atoms with Crippen molar-refractivity contribution in [2.75, 3.05) is 6.61 Å². The molecule has 4 aliphatic carbocycles. The first-order chi connectivity index (χ1) is 15.1. The van der Waals surface area contributed by atoms with Gasteiger partial charge in [0.2, 0.25) is 0 Å². The standard InChI is InChI=1S/C27H44O5/c1-14-5-8-27(31-13-14)15(2)24-23(32-27)11-18-16-9-20(28)19-10-21(29)22(30)12-26(19,4)17(16)6-7-25(18,24)3/h14-24,28-30H,5-13H2,1-4H3/t14-,15+,16-,17+,18+,19-,20-,21+,22+,23+,24+,25+,26-,27-/m1/s1. The lowest BCUT2D eigenvalue weighted by atomic mass is 9.43. The van der Waals surface area contributed by atoms with Gasteiger partial charge in [-0.3, -0.25) is 0 Å². The molecule has 5 nitrogen and oxygen atoms in total. The summed E-state index contributed by atoms with van der Waals surface area (Å²) in [6.07, 6.45) is 6.22. The van der Waals surface area contributed by atoms with Gasteiger partial charge in [0.25, 0.3) is 0 Å². The Morgan fingerprint density at radius 1 is 0.781 bits per heavy atom. The summed E-state index contributed by atoms with van der Waals surface area (Å²) in [6, 6.07) is 0. The average Bonchev–Trinajstić information content (AvgIpc) is 3.18. The highest BCUT2D eigenvalue weighted by atomic mass is 16.7. The van der Waals surface area contributed by atoms with Gasteiger partial charge in [-0.1, -0.05) is 27.7 Å². The zero-order chi connectivity index (χ0) is 22.6. The molecule has 0 bridgehead atoms. The van der Waals surface area contributed by atoms with E-state index in [2.05, 4.69) is 27.7 Å². The lowest BCUT2D eigenvalue weighted by Crippen LogP contribution is -2.61. The number of hydrogen-bond acceptors (Lipinski definition) is 5. The molecule has 1 spiro atoms. The minimum absolute atomic E-state index is 0.0870. The number of hydrogen-bond donors (Lipinski definition) is 3. The van der Waals surface area contributed by atoms with E-state index in [1.54, 1.807) is 0 Å². The number of ether oxygens (including phenoxy) is 2. The van der Waals surface area contributed by atoms with E-state index >= 15 is 0 Å². The van der Waals surface area contributed by atoms with Crippen molar-refractivity contribution in [2.24, 2.45) is 52.3 Å². The molecule has 3 N–H and O–H groups in total. The highest BCUT2D eigenvalue weighted by molar-refractivity contribution is 5.16. The SMILES string of the molecule is C[C@@H]1CC[C@@]2(OC1)O[C@H]1C[C@H]3[C@@H]4C[C@@H](O)[C@H]5C[C@H](O)[C@@H](O)C[C@]5(C)[C@H]4CC[C@]3(C)[C@H]1[C@@H]2C. The molecule has 2 aliphatic heterocycles. The molecule has 0 aromatic heterocycles. The largest absolute Gasteiger partial charge is 0.393 e. The number of rotatable bonds is 0. The zero-order valence-corrected chi connectivity index (χ0v) is 20.4. The second-order valence-corrected chi connectivity index (χ2v) is 13.4. The Kier molecular flexibility index (Phi) is 4.99. The zero-order valence-electron chi connectivity index (χ0n) is 20.4. The van der Waals surface area contributed by atoms with Crippen LogP contribution in [0, 0.1) is 52.3 Å². The van der Waals surface area contributed by atoms with Crippen LogP contribution in [0.2, 0.25) is 0 Å². The third-order valence-electron chi connectivity index (χ3n) is 12.0. The van der Waals surface area contributed by atoms with Gasteiger partial charge in [0.05, 0.1) is 31.0 Å². The summed E-state index contributed by atoms with van der Waals surface area (Å²) in [5.74, 6) is 2.86. The number of aliphatic hydroxyl groups is 3. The highest BCUT2D eigenvalue weighted by Crippen LogP contribution is 2.71. The van der Waals surface area contributed by atoms with Gasteiger partial charge in [-0.25, -0.2) is 0 Å². The number of fused-ring (bicyclic) bond motifs is 7. The van der Waals surface area contributed by atoms with Crippen LogP contribution in [-0.4, -0.2) is 52.1 Å². The Morgan fingerprint density at radius 2 is 1.56 bits per heavy atom. The molecule has 4 saturated carbocycles. The van der Waals surface area contributed by atoms with Gasteiger partial charge < -0.3 is 24.8 Å². The van der Waals surface area contributed by atoms with Crippen LogP contribution in [0.5, 0.6) is 0 Å². The van der Waals surface area contributed by atoms with Crippen molar-refractivity contribution in [2.45, 2.75) is 109 Å². The maximum absolute atomic E-state index is 11.3. The van der Waals surface area contributed by atoms with E-state index in [4.69, 9.17) is 9.47 Å². The predicted molar refractivity (Wildman–Crippen MR) is 121 cm³/mol. The average molecular weight is 449 g/mol. The molecular formula is C27H44O5. The van der Waals surface area contributed by atoms with Crippen molar-refractivity contribution >= 4 is 0 Å². The summed E-state index contributed by atoms with van der Waals surface area (Å²) >= 11 is 0. The van der Waals surface area contributed by atoms with Gasteiger partial charge in [-0.2, -0.15) is 0 Å². The fourth-order valence-electron chi connectivity index (χ4n) is 10.3. The fourth-order valence-corrected chi connectivity index (χ4v) is 10.3. The topological polar surface area (TPSA) is 79.2 Å². The Hall–Kier alpha value is -0.200. The molecule has 0 radical (unpaired) electrons. The van der Waals surface area contributed by atoms with E-state index in [-0.39, 0.29) is 34.7 Å². The van der Waals surface area contributed by atoms with Crippen LogP contribution in [0.25, 0.3) is 0 Å². The smallest absolute Gasteiger partial charge is 0.171 e. The van der Waals surface area contributed by atoms with Crippen molar-refractivity contribution in [1.29, 1.82) is 0 Å².